The van der Waals surface area contributed by atoms with E-state index in [0.29, 0.717) is 24.9 Å². The SMILES string of the molecule is Cc1cc(OC(C)C)nc(NCCn2ccnn2)n1. The summed E-state index contributed by atoms with van der Waals surface area (Å²) in [5, 5.41) is 10.8. The van der Waals surface area contributed by atoms with Crippen molar-refractivity contribution in [3.05, 3.63) is 24.2 Å². The van der Waals surface area contributed by atoms with Crippen molar-refractivity contribution in [1.82, 2.24) is 25.0 Å². The molecule has 7 heteroatoms. The quantitative estimate of drug-likeness (QED) is 0.845. The number of ether oxygens (including phenoxy) is 1. The van der Waals surface area contributed by atoms with Crippen LogP contribution in [0.5, 0.6) is 5.88 Å². The minimum Gasteiger partial charge on any atom is -0.475 e. The lowest BCUT2D eigenvalue weighted by molar-refractivity contribution is 0.232. The molecule has 0 unspecified atom stereocenters. The first kappa shape index (κ1) is 13.3. The summed E-state index contributed by atoms with van der Waals surface area (Å²) in [5.41, 5.74) is 0.869. The smallest absolute Gasteiger partial charge is 0.226 e. The second-order valence-electron chi connectivity index (χ2n) is 4.43. The summed E-state index contributed by atoms with van der Waals surface area (Å²) in [6, 6.07) is 1.82. The third-order valence-electron chi connectivity index (χ3n) is 2.28. The molecule has 0 spiro atoms. The zero-order chi connectivity index (χ0) is 13.7. The minimum absolute atomic E-state index is 0.0947. The normalized spacial score (nSPS) is 10.7. The number of rotatable bonds is 6. The Bertz CT molecular complexity index is 511. The average Bonchev–Trinajstić information content (AvgIpc) is 2.80. The van der Waals surface area contributed by atoms with Gasteiger partial charge in [0.2, 0.25) is 11.8 Å². The Labute approximate surface area is 112 Å². The van der Waals surface area contributed by atoms with Crippen LogP contribution in [0.15, 0.2) is 18.5 Å². The van der Waals surface area contributed by atoms with E-state index in [9.17, 15) is 0 Å². The van der Waals surface area contributed by atoms with Gasteiger partial charge >= 0.3 is 0 Å². The lowest BCUT2D eigenvalue weighted by Crippen LogP contribution is -2.14. The van der Waals surface area contributed by atoms with E-state index in [4.69, 9.17) is 4.74 Å². The Morgan fingerprint density at radius 2 is 2.21 bits per heavy atom. The summed E-state index contributed by atoms with van der Waals surface area (Å²) >= 11 is 0. The van der Waals surface area contributed by atoms with E-state index in [1.165, 1.54) is 0 Å². The Kier molecular flexibility index (Phi) is 4.27. The molecular weight excluding hydrogens is 244 g/mol. The first-order valence-electron chi connectivity index (χ1n) is 6.24. The zero-order valence-corrected chi connectivity index (χ0v) is 11.4. The van der Waals surface area contributed by atoms with Crippen molar-refractivity contribution >= 4 is 5.95 Å². The molecule has 0 fully saturated rings. The van der Waals surface area contributed by atoms with Crippen LogP contribution in [0.2, 0.25) is 0 Å². The van der Waals surface area contributed by atoms with Crippen LogP contribution in [0.4, 0.5) is 5.95 Å². The number of nitrogens with zero attached hydrogens (tertiary/aromatic N) is 5. The van der Waals surface area contributed by atoms with Gasteiger partial charge in [0.1, 0.15) is 0 Å². The second-order valence-corrected chi connectivity index (χ2v) is 4.43. The van der Waals surface area contributed by atoms with Crippen molar-refractivity contribution in [1.29, 1.82) is 0 Å². The summed E-state index contributed by atoms with van der Waals surface area (Å²) < 4.78 is 7.31. The molecule has 0 saturated heterocycles. The standard InChI is InChI=1S/C12H18N6O/c1-9(2)19-11-8-10(3)15-12(16-11)13-4-6-18-7-5-14-17-18/h5,7-9H,4,6H2,1-3H3,(H,13,15,16). The van der Waals surface area contributed by atoms with Gasteiger partial charge in [0.05, 0.1) is 18.8 Å². The van der Waals surface area contributed by atoms with E-state index in [1.54, 1.807) is 10.9 Å². The number of nitrogens with one attached hydrogen (secondary N) is 1. The summed E-state index contributed by atoms with van der Waals surface area (Å²) in [6.07, 6.45) is 3.56. The first-order valence-corrected chi connectivity index (χ1v) is 6.24. The Morgan fingerprint density at radius 3 is 2.89 bits per heavy atom. The van der Waals surface area contributed by atoms with Crippen molar-refractivity contribution in [2.24, 2.45) is 0 Å². The average molecular weight is 262 g/mol. The maximum atomic E-state index is 5.57. The molecule has 0 amide bonds. The van der Waals surface area contributed by atoms with Gasteiger partial charge in [-0.2, -0.15) is 4.98 Å². The molecule has 2 aromatic heterocycles. The molecule has 0 saturated carbocycles. The highest BCUT2D eigenvalue weighted by Crippen LogP contribution is 2.13. The summed E-state index contributed by atoms with van der Waals surface area (Å²) in [7, 11) is 0. The molecule has 0 radical (unpaired) electrons. The Morgan fingerprint density at radius 1 is 1.37 bits per heavy atom. The molecule has 0 bridgehead atoms. The van der Waals surface area contributed by atoms with E-state index in [-0.39, 0.29) is 6.10 Å². The first-order chi connectivity index (χ1) is 9.13. The fourth-order valence-corrected chi connectivity index (χ4v) is 1.55. The topological polar surface area (TPSA) is 77.8 Å². The third kappa shape index (κ3) is 4.20. The van der Waals surface area contributed by atoms with Crippen LogP contribution in [0.1, 0.15) is 19.5 Å². The largest absolute Gasteiger partial charge is 0.475 e. The number of aromatic nitrogens is 5. The molecule has 2 heterocycles. The highest BCUT2D eigenvalue weighted by Gasteiger charge is 2.04. The van der Waals surface area contributed by atoms with Crippen molar-refractivity contribution < 1.29 is 4.74 Å². The summed E-state index contributed by atoms with van der Waals surface area (Å²) in [6.45, 7) is 7.23. The van der Waals surface area contributed by atoms with E-state index >= 15 is 0 Å². The van der Waals surface area contributed by atoms with Crippen molar-refractivity contribution in [3.8, 4) is 5.88 Å². The molecule has 19 heavy (non-hydrogen) atoms. The van der Waals surface area contributed by atoms with Crippen LogP contribution in [-0.2, 0) is 6.54 Å². The predicted octanol–water partition coefficient (Wildman–Crippen LogP) is 1.28. The fourth-order valence-electron chi connectivity index (χ4n) is 1.55. The lowest BCUT2D eigenvalue weighted by Gasteiger charge is -2.11. The van der Waals surface area contributed by atoms with Gasteiger partial charge in [-0.1, -0.05) is 5.21 Å². The minimum atomic E-state index is 0.0947. The molecule has 0 atom stereocenters. The van der Waals surface area contributed by atoms with Gasteiger partial charge in [-0.05, 0) is 20.8 Å². The van der Waals surface area contributed by atoms with E-state index < -0.39 is 0 Å². The lowest BCUT2D eigenvalue weighted by atomic mass is 10.4. The van der Waals surface area contributed by atoms with Gasteiger partial charge in [-0.3, -0.25) is 4.68 Å². The molecule has 0 aliphatic carbocycles. The Balaban J connectivity index is 1.93. The highest BCUT2D eigenvalue weighted by atomic mass is 16.5. The molecule has 2 rings (SSSR count). The highest BCUT2D eigenvalue weighted by molar-refractivity contribution is 5.30. The van der Waals surface area contributed by atoms with Gasteiger partial charge in [0.25, 0.3) is 0 Å². The fraction of sp³-hybridized carbons (Fsp3) is 0.500. The summed E-state index contributed by atoms with van der Waals surface area (Å²) in [4.78, 5) is 8.62. The maximum absolute atomic E-state index is 5.57. The van der Waals surface area contributed by atoms with Gasteiger partial charge in [0, 0.05) is 24.5 Å². The van der Waals surface area contributed by atoms with Gasteiger partial charge in [-0.25, -0.2) is 4.98 Å². The molecule has 1 N–H and O–H groups in total. The van der Waals surface area contributed by atoms with Gasteiger partial charge < -0.3 is 10.1 Å². The molecule has 0 aromatic carbocycles. The molecule has 0 aliphatic rings. The van der Waals surface area contributed by atoms with E-state index in [2.05, 4.69) is 25.6 Å². The zero-order valence-electron chi connectivity index (χ0n) is 11.4. The van der Waals surface area contributed by atoms with Crippen LogP contribution in [0, 0.1) is 6.92 Å². The summed E-state index contributed by atoms with van der Waals surface area (Å²) in [5.74, 6) is 1.15. The van der Waals surface area contributed by atoms with Crippen LogP contribution in [0.25, 0.3) is 0 Å². The predicted molar refractivity (Wildman–Crippen MR) is 71.0 cm³/mol. The second kappa shape index (κ2) is 6.12. The van der Waals surface area contributed by atoms with Crippen molar-refractivity contribution in [2.75, 3.05) is 11.9 Å². The van der Waals surface area contributed by atoms with Crippen LogP contribution >= 0.6 is 0 Å². The molecular formula is C12H18N6O. The van der Waals surface area contributed by atoms with E-state index in [0.717, 1.165) is 5.69 Å². The monoisotopic (exact) mass is 262 g/mol. The number of hydrogen-bond donors (Lipinski definition) is 1. The van der Waals surface area contributed by atoms with Gasteiger partial charge in [0.15, 0.2) is 0 Å². The Hall–Kier alpha value is -2.18. The molecule has 0 aliphatic heterocycles. The number of aryl methyl sites for hydroxylation is 1. The molecule has 2 aromatic rings. The number of anilines is 1. The van der Waals surface area contributed by atoms with Crippen molar-refractivity contribution in [2.45, 2.75) is 33.4 Å². The third-order valence-corrected chi connectivity index (χ3v) is 2.28. The maximum Gasteiger partial charge on any atom is 0.226 e. The van der Waals surface area contributed by atoms with E-state index in [1.807, 2.05) is 33.0 Å². The van der Waals surface area contributed by atoms with Crippen LogP contribution in [-0.4, -0.2) is 37.6 Å². The number of hydrogen-bond acceptors (Lipinski definition) is 6. The van der Waals surface area contributed by atoms with Crippen LogP contribution < -0.4 is 10.1 Å². The van der Waals surface area contributed by atoms with Gasteiger partial charge in [-0.15, -0.1) is 5.10 Å². The molecule has 7 nitrogen and oxygen atoms in total. The molecule has 102 valence electrons. The van der Waals surface area contributed by atoms with Crippen LogP contribution in [0.3, 0.4) is 0 Å². The van der Waals surface area contributed by atoms with Crippen molar-refractivity contribution in [3.63, 3.8) is 0 Å².